The lowest BCUT2D eigenvalue weighted by atomic mass is 9.88. The van der Waals surface area contributed by atoms with E-state index in [2.05, 4.69) is 10.6 Å². The minimum atomic E-state index is -0.673. The molecule has 2 heterocycles. The van der Waals surface area contributed by atoms with Crippen LogP contribution < -0.4 is 10.6 Å². The van der Waals surface area contributed by atoms with E-state index in [1.165, 1.54) is 4.90 Å². The highest BCUT2D eigenvalue weighted by Gasteiger charge is 2.52. The van der Waals surface area contributed by atoms with Crippen LogP contribution in [0.4, 0.5) is 4.79 Å². The molecule has 1 aromatic carbocycles. The minimum Gasteiger partial charge on any atom is -0.323 e. The number of benzene rings is 1. The first-order valence-corrected chi connectivity index (χ1v) is 7.53. The number of nitrogens with one attached hydrogen (secondary N) is 2. The van der Waals surface area contributed by atoms with E-state index in [1.807, 2.05) is 37.3 Å². The van der Waals surface area contributed by atoms with Crippen LogP contribution in [0.15, 0.2) is 30.3 Å². The minimum absolute atomic E-state index is 0.0579. The summed E-state index contributed by atoms with van der Waals surface area (Å²) in [5.41, 5.74) is 0.463. The van der Waals surface area contributed by atoms with Crippen molar-refractivity contribution in [1.82, 2.24) is 15.5 Å². The van der Waals surface area contributed by atoms with E-state index in [-0.39, 0.29) is 18.0 Å². The van der Waals surface area contributed by atoms with Gasteiger partial charge in [-0.15, -0.1) is 0 Å². The predicted octanol–water partition coefficient (Wildman–Crippen LogP) is 1.29. The molecule has 2 saturated heterocycles. The molecule has 1 spiro atoms. The third-order valence-electron chi connectivity index (χ3n) is 4.47. The molecular formula is C16H21N3O2. The zero-order valence-corrected chi connectivity index (χ0v) is 12.3. The molecule has 5 heteroatoms. The summed E-state index contributed by atoms with van der Waals surface area (Å²) in [6.45, 7) is 3.48. The number of amides is 3. The standard InChI is InChI=1S/C16H21N3O2/c1-12(11-13-5-3-2-4-6-13)19-14(20)16(18-15(19)21)7-9-17-10-8-16/h2-6,12,17H,7-11H2,1H3,(H,18,21). The molecule has 21 heavy (non-hydrogen) atoms. The molecule has 112 valence electrons. The summed E-state index contributed by atoms with van der Waals surface area (Å²) in [5, 5.41) is 6.17. The molecule has 0 bridgehead atoms. The van der Waals surface area contributed by atoms with Gasteiger partial charge in [0.2, 0.25) is 0 Å². The van der Waals surface area contributed by atoms with Crippen molar-refractivity contribution < 1.29 is 9.59 Å². The predicted molar refractivity (Wildman–Crippen MR) is 79.8 cm³/mol. The second-order valence-corrected chi connectivity index (χ2v) is 5.98. The summed E-state index contributed by atoms with van der Waals surface area (Å²) >= 11 is 0. The number of piperidine rings is 1. The second-order valence-electron chi connectivity index (χ2n) is 5.98. The Morgan fingerprint density at radius 3 is 2.52 bits per heavy atom. The van der Waals surface area contributed by atoms with Gasteiger partial charge in [0.1, 0.15) is 5.54 Å². The van der Waals surface area contributed by atoms with Gasteiger partial charge < -0.3 is 10.6 Å². The molecule has 3 amide bonds. The summed E-state index contributed by atoms with van der Waals surface area (Å²) in [5.74, 6) is -0.0579. The molecule has 0 saturated carbocycles. The van der Waals surface area contributed by atoms with Gasteiger partial charge in [-0.25, -0.2) is 4.79 Å². The summed E-state index contributed by atoms with van der Waals surface area (Å²) in [6, 6.07) is 9.58. The third-order valence-corrected chi connectivity index (χ3v) is 4.47. The number of urea groups is 1. The first-order chi connectivity index (χ1) is 10.1. The lowest BCUT2D eigenvalue weighted by Gasteiger charge is -2.31. The molecule has 2 N–H and O–H groups in total. The van der Waals surface area contributed by atoms with Crippen molar-refractivity contribution in [3.8, 4) is 0 Å². The first kappa shape index (κ1) is 14.1. The van der Waals surface area contributed by atoms with Gasteiger partial charge in [0, 0.05) is 6.04 Å². The molecule has 3 rings (SSSR count). The normalized spacial score (nSPS) is 22.4. The molecule has 1 aromatic rings. The van der Waals surface area contributed by atoms with E-state index < -0.39 is 5.54 Å². The Bertz CT molecular complexity index is 538. The monoisotopic (exact) mass is 287 g/mol. The molecule has 1 atom stereocenters. The van der Waals surface area contributed by atoms with Crippen molar-refractivity contribution in [1.29, 1.82) is 0 Å². The van der Waals surface area contributed by atoms with Crippen LogP contribution in [0.25, 0.3) is 0 Å². The van der Waals surface area contributed by atoms with Crippen molar-refractivity contribution in [2.45, 2.75) is 37.8 Å². The van der Waals surface area contributed by atoms with Gasteiger partial charge in [0.15, 0.2) is 0 Å². The summed E-state index contributed by atoms with van der Waals surface area (Å²) in [4.78, 5) is 26.4. The Labute approximate surface area is 124 Å². The summed E-state index contributed by atoms with van der Waals surface area (Å²) in [6.07, 6.45) is 2.03. The fraction of sp³-hybridized carbons (Fsp3) is 0.500. The zero-order valence-electron chi connectivity index (χ0n) is 12.3. The van der Waals surface area contributed by atoms with Gasteiger partial charge in [-0.05, 0) is 44.8 Å². The Morgan fingerprint density at radius 1 is 1.19 bits per heavy atom. The smallest absolute Gasteiger partial charge is 0.323 e. The Morgan fingerprint density at radius 2 is 1.86 bits per heavy atom. The number of nitrogens with zero attached hydrogens (tertiary/aromatic N) is 1. The molecule has 2 fully saturated rings. The van der Waals surface area contributed by atoms with E-state index >= 15 is 0 Å². The van der Waals surface area contributed by atoms with Gasteiger partial charge in [0.25, 0.3) is 5.91 Å². The van der Waals surface area contributed by atoms with Crippen LogP contribution in [0, 0.1) is 0 Å². The number of imide groups is 1. The van der Waals surface area contributed by atoms with Crippen LogP contribution >= 0.6 is 0 Å². The van der Waals surface area contributed by atoms with Crippen LogP contribution in [0.3, 0.4) is 0 Å². The van der Waals surface area contributed by atoms with Gasteiger partial charge in [-0.2, -0.15) is 0 Å². The molecule has 0 radical (unpaired) electrons. The number of carbonyl (C=O) groups excluding carboxylic acids is 2. The lowest BCUT2D eigenvalue weighted by Crippen LogP contribution is -2.54. The van der Waals surface area contributed by atoms with Gasteiger partial charge in [-0.1, -0.05) is 30.3 Å². The Kier molecular flexibility index (Phi) is 3.68. The van der Waals surface area contributed by atoms with Crippen LogP contribution in [-0.4, -0.2) is 41.5 Å². The highest BCUT2D eigenvalue weighted by Crippen LogP contribution is 2.28. The maximum atomic E-state index is 12.7. The highest BCUT2D eigenvalue weighted by molar-refractivity contribution is 6.07. The number of carbonyl (C=O) groups is 2. The highest BCUT2D eigenvalue weighted by atomic mass is 16.2. The zero-order chi connectivity index (χ0) is 14.9. The average Bonchev–Trinajstić information content (AvgIpc) is 2.71. The van der Waals surface area contributed by atoms with E-state index in [1.54, 1.807) is 0 Å². The van der Waals surface area contributed by atoms with E-state index in [9.17, 15) is 9.59 Å². The Hall–Kier alpha value is -1.88. The SMILES string of the molecule is CC(Cc1ccccc1)N1C(=O)NC2(CCNCC2)C1=O. The average molecular weight is 287 g/mol. The maximum absolute atomic E-state index is 12.7. The molecule has 0 aromatic heterocycles. The molecule has 0 aliphatic carbocycles. The van der Waals surface area contributed by atoms with E-state index in [4.69, 9.17) is 0 Å². The van der Waals surface area contributed by atoms with Crippen LogP contribution in [0.1, 0.15) is 25.3 Å². The van der Waals surface area contributed by atoms with Crippen molar-refractivity contribution >= 4 is 11.9 Å². The molecular weight excluding hydrogens is 266 g/mol. The summed E-state index contributed by atoms with van der Waals surface area (Å²) in [7, 11) is 0. The topological polar surface area (TPSA) is 61.4 Å². The Balaban J connectivity index is 1.75. The van der Waals surface area contributed by atoms with Crippen LogP contribution in [0.2, 0.25) is 0 Å². The van der Waals surface area contributed by atoms with E-state index in [0.717, 1.165) is 18.7 Å². The molecule has 2 aliphatic rings. The van der Waals surface area contributed by atoms with E-state index in [0.29, 0.717) is 19.3 Å². The first-order valence-electron chi connectivity index (χ1n) is 7.53. The van der Waals surface area contributed by atoms with Gasteiger partial charge in [0.05, 0.1) is 0 Å². The third kappa shape index (κ3) is 2.53. The number of rotatable bonds is 3. The fourth-order valence-electron chi connectivity index (χ4n) is 3.28. The number of hydrogen-bond acceptors (Lipinski definition) is 3. The molecule has 5 nitrogen and oxygen atoms in total. The van der Waals surface area contributed by atoms with Crippen molar-refractivity contribution in [2.75, 3.05) is 13.1 Å². The lowest BCUT2D eigenvalue weighted by molar-refractivity contribution is -0.133. The van der Waals surface area contributed by atoms with Gasteiger partial charge in [-0.3, -0.25) is 9.69 Å². The van der Waals surface area contributed by atoms with Crippen molar-refractivity contribution in [3.63, 3.8) is 0 Å². The quantitative estimate of drug-likeness (QED) is 0.824. The van der Waals surface area contributed by atoms with Crippen LogP contribution in [0.5, 0.6) is 0 Å². The van der Waals surface area contributed by atoms with Crippen molar-refractivity contribution in [3.05, 3.63) is 35.9 Å². The fourth-order valence-corrected chi connectivity index (χ4v) is 3.28. The van der Waals surface area contributed by atoms with Gasteiger partial charge >= 0.3 is 6.03 Å². The molecule has 1 unspecified atom stereocenters. The second kappa shape index (κ2) is 5.48. The number of hydrogen-bond donors (Lipinski definition) is 2. The van der Waals surface area contributed by atoms with Crippen LogP contribution in [-0.2, 0) is 11.2 Å². The molecule has 2 aliphatic heterocycles. The maximum Gasteiger partial charge on any atom is 0.325 e. The largest absolute Gasteiger partial charge is 0.325 e. The summed E-state index contributed by atoms with van der Waals surface area (Å²) < 4.78 is 0. The van der Waals surface area contributed by atoms with Crippen molar-refractivity contribution in [2.24, 2.45) is 0 Å².